The molecule has 4 amide bonds. The topological polar surface area (TPSA) is 151 Å². The van der Waals surface area contributed by atoms with Gasteiger partial charge in [0.25, 0.3) is 0 Å². The minimum absolute atomic E-state index is 0.113. The average molecular weight is 521 g/mol. The van der Waals surface area contributed by atoms with Crippen molar-refractivity contribution < 1.29 is 29.0 Å². The Morgan fingerprint density at radius 1 is 1.11 bits per heavy atom. The summed E-state index contributed by atoms with van der Waals surface area (Å²) >= 11 is 0. The molecule has 37 heavy (non-hydrogen) atoms. The van der Waals surface area contributed by atoms with Gasteiger partial charge in [-0.25, -0.2) is 4.79 Å². The number of ether oxygens (including phenoxy) is 1. The Morgan fingerprint density at radius 2 is 1.73 bits per heavy atom. The van der Waals surface area contributed by atoms with Crippen LogP contribution in [-0.4, -0.2) is 57.5 Å². The lowest BCUT2D eigenvalue weighted by molar-refractivity contribution is -0.146. The van der Waals surface area contributed by atoms with Gasteiger partial charge < -0.3 is 31.1 Å². The molecule has 5 N–H and O–H groups in total. The van der Waals surface area contributed by atoms with Gasteiger partial charge in [0.15, 0.2) is 0 Å². The highest BCUT2D eigenvalue weighted by Crippen LogP contribution is 2.34. The number of primary amides is 1. The molecule has 10 nitrogen and oxygen atoms in total. The summed E-state index contributed by atoms with van der Waals surface area (Å²) in [5.41, 5.74) is 5.35. The van der Waals surface area contributed by atoms with Crippen molar-refractivity contribution in [2.75, 3.05) is 0 Å². The van der Waals surface area contributed by atoms with Gasteiger partial charge in [-0.3, -0.25) is 14.4 Å². The SMILES string of the molecule is CCCC(C)NC(=O)C(c1cccc(C)c1O)N(C(=O)C(CC(N)=O)NC(=O)OC(C)(C)C)C(C)CC. The van der Waals surface area contributed by atoms with E-state index < -0.39 is 54.0 Å². The molecule has 0 heterocycles. The highest BCUT2D eigenvalue weighted by molar-refractivity contribution is 5.95. The third-order valence-electron chi connectivity index (χ3n) is 5.91. The summed E-state index contributed by atoms with van der Waals surface area (Å²) in [6.07, 6.45) is 0.636. The number of para-hydroxylation sites is 1. The number of phenolic OH excluding ortho intramolecular Hbond substituents is 1. The number of amides is 4. The molecule has 0 saturated heterocycles. The third-order valence-corrected chi connectivity index (χ3v) is 5.91. The molecule has 0 saturated carbocycles. The number of hydrogen-bond acceptors (Lipinski definition) is 6. The van der Waals surface area contributed by atoms with E-state index in [1.165, 1.54) is 4.90 Å². The summed E-state index contributed by atoms with van der Waals surface area (Å²) in [7, 11) is 0. The zero-order valence-electron chi connectivity index (χ0n) is 23.4. The first-order chi connectivity index (χ1) is 17.1. The Hall–Kier alpha value is -3.30. The van der Waals surface area contributed by atoms with Crippen LogP contribution < -0.4 is 16.4 Å². The van der Waals surface area contributed by atoms with Crippen LogP contribution in [0, 0.1) is 6.92 Å². The number of benzene rings is 1. The zero-order chi connectivity index (χ0) is 28.5. The van der Waals surface area contributed by atoms with Crippen molar-refractivity contribution in [2.45, 2.75) is 111 Å². The van der Waals surface area contributed by atoms with Gasteiger partial charge in [-0.1, -0.05) is 38.5 Å². The number of hydrogen-bond donors (Lipinski definition) is 4. The predicted molar refractivity (Wildman–Crippen MR) is 142 cm³/mol. The summed E-state index contributed by atoms with van der Waals surface area (Å²) in [5.74, 6) is -2.10. The molecule has 4 unspecified atom stereocenters. The minimum atomic E-state index is -1.38. The molecule has 1 aromatic rings. The summed E-state index contributed by atoms with van der Waals surface area (Å²) in [5, 5.41) is 16.3. The molecule has 0 aromatic heterocycles. The van der Waals surface area contributed by atoms with E-state index in [9.17, 15) is 24.3 Å². The summed E-state index contributed by atoms with van der Waals surface area (Å²) in [6, 6.07) is 1.70. The molecule has 10 heteroatoms. The Morgan fingerprint density at radius 3 is 2.24 bits per heavy atom. The van der Waals surface area contributed by atoms with Gasteiger partial charge in [0.2, 0.25) is 17.7 Å². The second-order valence-electron chi connectivity index (χ2n) is 10.5. The first-order valence-corrected chi connectivity index (χ1v) is 12.8. The fourth-order valence-corrected chi connectivity index (χ4v) is 3.97. The molecular formula is C27H44N4O6. The maximum absolute atomic E-state index is 14.0. The van der Waals surface area contributed by atoms with Crippen LogP contribution in [0.1, 0.15) is 91.3 Å². The van der Waals surface area contributed by atoms with Gasteiger partial charge in [0.1, 0.15) is 23.4 Å². The molecule has 1 rings (SSSR count). The Balaban J connectivity index is 3.64. The Kier molecular flexibility index (Phi) is 11.9. The van der Waals surface area contributed by atoms with Gasteiger partial charge >= 0.3 is 6.09 Å². The van der Waals surface area contributed by atoms with E-state index >= 15 is 0 Å². The number of nitrogens with zero attached hydrogens (tertiary/aromatic N) is 1. The molecule has 1 aromatic carbocycles. The molecule has 0 aliphatic heterocycles. The maximum atomic E-state index is 14.0. The van der Waals surface area contributed by atoms with Crippen LogP contribution in [0.25, 0.3) is 0 Å². The molecule has 0 spiro atoms. The lowest BCUT2D eigenvalue weighted by atomic mass is 9.96. The Bertz CT molecular complexity index is 959. The predicted octanol–water partition coefficient (Wildman–Crippen LogP) is 3.44. The summed E-state index contributed by atoms with van der Waals surface area (Å²) in [4.78, 5) is 53.4. The quantitative estimate of drug-likeness (QED) is 0.331. The second-order valence-corrected chi connectivity index (χ2v) is 10.5. The number of aryl methyl sites for hydroxylation is 1. The number of carbonyl (C=O) groups excluding carboxylic acids is 4. The van der Waals surface area contributed by atoms with Gasteiger partial charge in [-0.15, -0.1) is 0 Å². The van der Waals surface area contributed by atoms with Crippen LogP contribution in [0.2, 0.25) is 0 Å². The highest BCUT2D eigenvalue weighted by Gasteiger charge is 2.40. The van der Waals surface area contributed by atoms with E-state index in [-0.39, 0.29) is 17.4 Å². The fraction of sp³-hybridized carbons (Fsp3) is 0.630. The van der Waals surface area contributed by atoms with E-state index in [1.54, 1.807) is 52.8 Å². The van der Waals surface area contributed by atoms with Crippen LogP contribution in [0.4, 0.5) is 4.79 Å². The van der Waals surface area contributed by atoms with Crippen molar-refractivity contribution in [1.82, 2.24) is 15.5 Å². The maximum Gasteiger partial charge on any atom is 0.408 e. The van der Waals surface area contributed by atoms with E-state index in [1.807, 2.05) is 20.8 Å². The first-order valence-electron chi connectivity index (χ1n) is 12.8. The molecule has 4 atom stereocenters. The molecule has 0 radical (unpaired) electrons. The van der Waals surface area contributed by atoms with Crippen molar-refractivity contribution in [3.8, 4) is 5.75 Å². The lowest BCUT2D eigenvalue weighted by Gasteiger charge is -2.38. The van der Waals surface area contributed by atoms with Crippen LogP contribution in [0.15, 0.2) is 18.2 Å². The van der Waals surface area contributed by atoms with Crippen LogP contribution in [0.3, 0.4) is 0 Å². The van der Waals surface area contributed by atoms with Crippen molar-refractivity contribution >= 4 is 23.8 Å². The van der Waals surface area contributed by atoms with Gasteiger partial charge in [-0.2, -0.15) is 0 Å². The number of rotatable bonds is 12. The summed E-state index contributed by atoms with van der Waals surface area (Å²) in [6.45, 7) is 14.2. The fourth-order valence-electron chi connectivity index (χ4n) is 3.97. The van der Waals surface area contributed by atoms with E-state index in [0.717, 1.165) is 12.8 Å². The van der Waals surface area contributed by atoms with E-state index in [0.29, 0.717) is 12.0 Å². The van der Waals surface area contributed by atoms with Crippen LogP contribution in [0.5, 0.6) is 5.75 Å². The minimum Gasteiger partial charge on any atom is -0.507 e. The number of carbonyl (C=O) groups is 4. The van der Waals surface area contributed by atoms with Crippen molar-refractivity contribution in [2.24, 2.45) is 5.73 Å². The summed E-state index contributed by atoms with van der Waals surface area (Å²) < 4.78 is 5.28. The van der Waals surface area contributed by atoms with Gasteiger partial charge in [-0.05, 0) is 59.9 Å². The molecule has 0 aliphatic carbocycles. The van der Waals surface area contributed by atoms with Crippen LogP contribution in [-0.2, 0) is 19.1 Å². The number of nitrogens with one attached hydrogen (secondary N) is 2. The second kappa shape index (κ2) is 13.9. The number of nitrogens with two attached hydrogens (primary N) is 1. The van der Waals surface area contributed by atoms with E-state index in [4.69, 9.17) is 10.5 Å². The van der Waals surface area contributed by atoms with Crippen LogP contribution >= 0.6 is 0 Å². The average Bonchev–Trinajstić information content (AvgIpc) is 2.76. The molecular weight excluding hydrogens is 476 g/mol. The number of aromatic hydroxyl groups is 1. The standard InChI is InChI=1S/C27H44N4O6/c1-9-12-17(4)29-24(34)22(19-14-11-13-16(3)23(19)33)31(18(5)10-2)25(35)20(15-21(28)32)30-26(36)37-27(6,7)8/h11,13-14,17-18,20,22,33H,9-10,12,15H2,1-8H3,(H2,28,32)(H,29,34)(H,30,36). The van der Waals surface area contributed by atoms with Crippen molar-refractivity contribution in [3.05, 3.63) is 29.3 Å². The largest absolute Gasteiger partial charge is 0.507 e. The number of phenols is 1. The van der Waals surface area contributed by atoms with Gasteiger partial charge in [0, 0.05) is 17.6 Å². The third kappa shape index (κ3) is 9.59. The molecule has 0 bridgehead atoms. The van der Waals surface area contributed by atoms with E-state index in [2.05, 4.69) is 10.6 Å². The molecule has 0 fully saturated rings. The van der Waals surface area contributed by atoms with Crippen molar-refractivity contribution in [1.29, 1.82) is 0 Å². The number of alkyl carbamates (subject to hydrolysis) is 1. The zero-order valence-corrected chi connectivity index (χ0v) is 23.4. The Labute approximate surface area is 220 Å². The first kappa shape index (κ1) is 31.7. The molecule has 208 valence electrons. The van der Waals surface area contributed by atoms with Gasteiger partial charge in [0.05, 0.1) is 6.42 Å². The normalized spacial score (nSPS) is 14.6. The molecule has 0 aliphatic rings. The smallest absolute Gasteiger partial charge is 0.408 e. The lowest BCUT2D eigenvalue weighted by Crippen LogP contribution is -2.56. The van der Waals surface area contributed by atoms with Crippen molar-refractivity contribution in [3.63, 3.8) is 0 Å². The highest BCUT2D eigenvalue weighted by atomic mass is 16.6. The monoisotopic (exact) mass is 520 g/mol.